The highest BCUT2D eigenvalue weighted by Gasteiger charge is 2.52. The smallest absolute Gasteiger partial charge is 0.248 e. The SMILES string of the molecule is CC(=O)N[C@H]1[C@H](O[C@@H]2c3ccc(c(Cl)c3)Oc3cc4cc(c3O[C@@H]3O[C@H](CO)[C@@H](O)[C@H](O)[C@H]3NC(=O)CCCCCCC(C)C)Oc3ccc(cc3Cl)C[C@H]3NC(=O)[C@H](N)c5ccc(O)c(c5)Oc5cc(O)cc(c5)[C@H](NC3=O)C(=O)N[C@H]4C(=O)N[C@H](c3ccc(O)cc3)C(=O)N[C@@H]2C(=O)N[C@H](C(=O)NCCCNCCCCN)c2cc(O)cc(O[C@H]3O[C@H](CO)[C@@H](O)[C@H](O)[C@@H]3O)c2)O[C@H](CO)[C@@H](O)[C@@H]1O. The molecule has 28 N–H and O–H groups in total. The molecular weight excluding hydrogens is 1890 g/mol. The Morgan fingerprint density at radius 1 is 0.496 bits per heavy atom. The molecule has 7 aromatic carbocycles. The zero-order valence-corrected chi connectivity index (χ0v) is 78.0. The van der Waals surface area contributed by atoms with Crippen LogP contribution in [0.5, 0.6) is 69.0 Å². The monoisotopic (exact) mass is 2010 g/mol. The predicted octanol–water partition coefficient (Wildman–Crippen LogP) is 0.789. The number of halogens is 2. The number of benzene rings is 7. The van der Waals surface area contributed by atoms with E-state index in [2.05, 4.69) is 67.0 Å². The van der Waals surface area contributed by atoms with Gasteiger partial charge in [-0.1, -0.05) is 93.1 Å². The van der Waals surface area contributed by atoms with Crippen molar-refractivity contribution in [3.05, 3.63) is 176 Å². The largest absolute Gasteiger partial charge is 0.508 e. The first-order valence-electron chi connectivity index (χ1n) is 45.9. The number of unbranched alkanes of at least 4 members (excludes halogenated alkanes) is 4. The molecule has 9 amide bonds. The number of aliphatic hydroxyl groups is 10. The summed E-state index contributed by atoms with van der Waals surface area (Å²) in [4.78, 5) is 140. The highest BCUT2D eigenvalue weighted by molar-refractivity contribution is 6.32. The van der Waals surface area contributed by atoms with Gasteiger partial charge in [-0.05, 0) is 175 Å². The van der Waals surface area contributed by atoms with Gasteiger partial charge >= 0.3 is 0 Å². The van der Waals surface area contributed by atoms with Gasteiger partial charge in [-0.2, -0.15) is 0 Å². The maximum absolute atomic E-state index is 16.9. The van der Waals surface area contributed by atoms with Crippen molar-refractivity contribution in [2.24, 2.45) is 17.4 Å². The van der Waals surface area contributed by atoms with Gasteiger partial charge in [-0.15, -0.1) is 0 Å². The Balaban J connectivity index is 1.04. The van der Waals surface area contributed by atoms with Crippen LogP contribution in [0.2, 0.25) is 10.0 Å². The summed E-state index contributed by atoms with van der Waals surface area (Å²) in [6.45, 7) is 3.23. The fraction of sp³-hybridized carbons (Fsp3) is 0.463. The van der Waals surface area contributed by atoms with Crippen LogP contribution in [0.4, 0.5) is 0 Å². The molecule has 7 aromatic rings. The lowest BCUT2D eigenvalue weighted by Gasteiger charge is -2.44. The molecule has 8 aliphatic heterocycles. The molecule has 15 rings (SSSR count). The van der Waals surface area contributed by atoms with Crippen LogP contribution >= 0.6 is 23.2 Å². The minimum absolute atomic E-state index is 0.0413. The molecule has 8 heterocycles. The first-order valence-corrected chi connectivity index (χ1v) is 46.6. The highest BCUT2D eigenvalue weighted by Crippen LogP contribution is 2.50. The van der Waals surface area contributed by atoms with E-state index in [9.17, 15) is 85.9 Å². The standard InChI is InChI=1S/C95H116Cl2N12O32/c1-42(2)11-6-4-5-7-12-68(118)104-75-81(123)78(120)66(40-111)138-94(75)141-85-63-35-50-36-64(85)136-61-22-17-47(33-57(61)97)84(140-93-74(102-43(3)113)80(122)77(119)65(39-110)137-93)76(92(132)107-71(88(128)101-26-10-25-100-24-9-8-23-98)48-29-53(116)38-55(32-48)134-95-83(125)82(124)79(121)67(41-112)139-95)109-89(129)70(45-14-18-51(114)19-15-45)106-91(131)73(50)108-90(130)72-49-30-52(115)37-54(31-49)133-62-34-46(16-20-59(62)117)69(99)87(127)103-58(86(126)105-72)28-44-13-21-60(135-63)56(96)27-44/h13-22,27,29-38,42,58,65-67,69-84,93-95,100,110-112,114-117,119-125H,4-12,23-26,28,39-41,98-99H2,1-3H3,(H,101,128)(H,102,113)(H,103,127)(H,104,118)(H,105,126)(H,106,131)(H,107,132)(H,108,130)(H,109,129)/t58-,65-,66-,67-,69-,70-,71+,72+,73-,74-,75-,76+,77-,78-,79-,80-,81-,82+,83+,84-,93+,94+,95+/m1/s1. The number of phenolic OH excluding ortho intramolecular Hbond substituents is 4. The lowest BCUT2D eigenvalue weighted by molar-refractivity contribution is -0.284. The number of carbonyl (C=O) groups excluding carboxylic acids is 9. The fourth-order valence-corrected chi connectivity index (χ4v) is 17.4. The molecule has 44 nitrogen and oxygen atoms in total. The Labute approximate surface area is 816 Å². The normalized spacial score (nSPS) is 27.1. The quantitative estimate of drug-likeness (QED) is 0.0267. The third kappa shape index (κ3) is 26.2. The zero-order chi connectivity index (χ0) is 101. The molecule has 0 aromatic heterocycles. The second-order valence-electron chi connectivity index (χ2n) is 35.4. The topological polar surface area (TPSA) is 692 Å². The number of aromatic hydroxyl groups is 4. The molecule has 0 aliphatic carbocycles. The molecule has 23 atom stereocenters. The van der Waals surface area contributed by atoms with E-state index < -0.39 is 282 Å². The Kier molecular flexibility index (Phi) is 36.2. The van der Waals surface area contributed by atoms with Gasteiger partial charge in [0.2, 0.25) is 71.5 Å². The summed E-state index contributed by atoms with van der Waals surface area (Å²) < 4.78 is 57.6. The number of hydrogen-bond donors (Lipinski definition) is 26. The van der Waals surface area contributed by atoms with Crippen LogP contribution in [-0.2, 0) is 68.5 Å². The van der Waals surface area contributed by atoms with Crippen molar-refractivity contribution in [1.29, 1.82) is 0 Å². The van der Waals surface area contributed by atoms with E-state index in [4.69, 9.17) is 77.3 Å². The molecule has 0 unspecified atom stereocenters. The van der Waals surface area contributed by atoms with E-state index in [-0.39, 0.29) is 75.0 Å². The number of fused-ring (bicyclic) bond motifs is 15. The summed E-state index contributed by atoms with van der Waals surface area (Å²) in [7, 11) is 0. The third-order valence-corrected chi connectivity index (χ3v) is 25.1. The Morgan fingerprint density at radius 2 is 1.06 bits per heavy atom. The summed E-state index contributed by atoms with van der Waals surface area (Å²) in [5, 5.41) is 184. The summed E-state index contributed by atoms with van der Waals surface area (Å²) in [5.41, 5.74) is 10.6. The van der Waals surface area contributed by atoms with E-state index in [0.717, 1.165) is 123 Å². The van der Waals surface area contributed by atoms with Gasteiger partial charge in [0.25, 0.3) is 0 Å². The number of rotatable bonds is 31. The van der Waals surface area contributed by atoms with Crippen LogP contribution < -0.4 is 88.3 Å². The molecular formula is C95H116Cl2N12O32. The van der Waals surface area contributed by atoms with Gasteiger partial charge in [0.05, 0.1) is 29.9 Å². The van der Waals surface area contributed by atoms with Gasteiger partial charge < -0.3 is 179 Å². The number of carbonyl (C=O) groups is 9. The molecule has 0 radical (unpaired) electrons. The Hall–Kier alpha value is -12.1. The zero-order valence-electron chi connectivity index (χ0n) is 76.5. The molecule has 13 bridgehead atoms. The van der Waals surface area contributed by atoms with Crippen LogP contribution in [0.1, 0.15) is 154 Å². The van der Waals surface area contributed by atoms with Gasteiger partial charge in [-0.3, -0.25) is 43.2 Å². The molecule has 0 spiro atoms. The predicted molar refractivity (Wildman–Crippen MR) is 495 cm³/mol. The van der Waals surface area contributed by atoms with Crippen LogP contribution in [0.25, 0.3) is 0 Å². The molecule has 141 heavy (non-hydrogen) atoms. The second kappa shape index (κ2) is 48.1. The van der Waals surface area contributed by atoms with E-state index in [1.54, 1.807) is 0 Å². The fourth-order valence-electron chi connectivity index (χ4n) is 16.9. The van der Waals surface area contributed by atoms with E-state index in [1.165, 1.54) is 30.3 Å². The molecule has 46 heteroatoms. The van der Waals surface area contributed by atoms with Crippen molar-refractivity contribution in [1.82, 2.24) is 53.2 Å². The van der Waals surface area contributed by atoms with Crippen molar-refractivity contribution in [2.75, 3.05) is 46.0 Å². The minimum Gasteiger partial charge on any atom is -0.508 e. The van der Waals surface area contributed by atoms with Crippen molar-refractivity contribution < 1.29 is 157 Å². The van der Waals surface area contributed by atoms with Crippen LogP contribution in [0.3, 0.4) is 0 Å². The minimum atomic E-state index is -2.55. The summed E-state index contributed by atoms with van der Waals surface area (Å²) in [5.74, 6) is -16.6. The number of nitrogens with one attached hydrogen (secondary N) is 10. The van der Waals surface area contributed by atoms with E-state index in [1.807, 2.05) is 0 Å². The highest BCUT2D eigenvalue weighted by atomic mass is 35.5. The Morgan fingerprint density at radius 3 is 1.70 bits per heavy atom. The Bertz CT molecular complexity index is 5620. The van der Waals surface area contributed by atoms with Crippen LogP contribution in [0, 0.1) is 5.92 Å². The summed E-state index contributed by atoms with van der Waals surface area (Å²) in [6.07, 6.45) is -23.2. The second-order valence-corrected chi connectivity index (χ2v) is 36.2. The molecule has 0 saturated carbocycles. The number of aliphatic hydroxyl groups excluding tert-OH is 10. The average molecular weight is 2010 g/mol. The maximum Gasteiger partial charge on any atom is 0.248 e. The van der Waals surface area contributed by atoms with Crippen molar-refractivity contribution >= 4 is 76.4 Å². The van der Waals surface area contributed by atoms with Crippen LogP contribution in [0.15, 0.2) is 127 Å². The number of phenols is 4. The lowest BCUT2D eigenvalue weighted by atomic mass is 9.95. The summed E-state index contributed by atoms with van der Waals surface area (Å²) >= 11 is 14.9. The summed E-state index contributed by atoms with van der Waals surface area (Å²) in [6, 6.07) is 4.88. The van der Waals surface area contributed by atoms with Crippen LogP contribution in [-0.4, -0.2) is 275 Å². The third-order valence-electron chi connectivity index (χ3n) is 24.5. The van der Waals surface area contributed by atoms with Gasteiger partial charge in [0.1, 0.15) is 162 Å². The number of nitrogens with two attached hydrogens (primary N) is 2. The number of amides is 9. The van der Waals surface area contributed by atoms with E-state index >= 15 is 28.8 Å². The number of hydrogen-bond acceptors (Lipinski definition) is 35. The van der Waals surface area contributed by atoms with Gasteiger partial charge in [-0.25, -0.2) is 0 Å². The molecule has 3 fully saturated rings. The van der Waals surface area contributed by atoms with Crippen molar-refractivity contribution in [2.45, 2.75) is 225 Å². The van der Waals surface area contributed by atoms with Gasteiger partial charge in [0.15, 0.2) is 29.3 Å². The molecule has 762 valence electrons. The maximum atomic E-state index is 16.9. The van der Waals surface area contributed by atoms with Crippen molar-refractivity contribution in [3.8, 4) is 69.0 Å². The average Bonchev–Trinajstić information content (AvgIpc) is 0.760. The first kappa shape index (κ1) is 106. The lowest BCUT2D eigenvalue weighted by Crippen LogP contribution is -2.65. The van der Waals surface area contributed by atoms with Crippen molar-refractivity contribution in [3.63, 3.8) is 0 Å². The van der Waals surface area contributed by atoms with Gasteiger partial charge in [0, 0.05) is 38.4 Å². The first-order chi connectivity index (χ1) is 67.4. The molecule has 8 aliphatic rings. The number of ether oxygens (including phenoxy) is 9. The molecule has 3 saturated heterocycles. The van der Waals surface area contributed by atoms with E-state index in [0.29, 0.717) is 51.2 Å².